The molecular formula is C13H19NO3. The van der Waals surface area contributed by atoms with Gasteiger partial charge in [0.1, 0.15) is 11.5 Å². The smallest absolute Gasteiger partial charge is 0.310 e. The summed E-state index contributed by atoms with van der Waals surface area (Å²) in [6.45, 7) is 2.60. The summed E-state index contributed by atoms with van der Waals surface area (Å²) >= 11 is 0. The zero-order chi connectivity index (χ0) is 12.3. The van der Waals surface area contributed by atoms with Gasteiger partial charge in [0.05, 0.1) is 19.6 Å². The lowest BCUT2D eigenvalue weighted by Gasteiger charge is -2.18. The Balaban J connectivity index is 1.88. The van der Waals surface area contributed by atoms with E-state index in [1.807, 2.05) is 19.1 Å². The lowest BCUT2D eigenvalue weighted by molar-refractivity contribution is -0.145. The van der Waals surface area contributed by atoms with Crippen LogP contribution in [0, 0.1) is 12.8 Å². The van der Waals surface area contributed by atoms with Crippen LogP contribution in [0.4, 0.5) is 0 Å². The van der Waals surface area contributed by atoms with Gasteiger partial charge in [0.25, 0.3) is 0 Å². The average Bonchev–Trinajstić information content (AvgIpc) is 2.94. The van der Waals surface area contributed by atoms with Crippen molar-refractivity contribution in [3.05, 3.63) is 23.7 Å². The van der Waals surface area contributed by atoms with Crippen molar-refractivity contribution in [3.63, 3.8) is 0 Å². The van der Waals surface area contributed by atoms with Crippen molar-refractivity contribution in [2.24, 2.45) is 5.92 Å². The first-order chi connectivity index (χ1) is 8.20. The summed E-state index contributed by atoms with van der Waals surface area (Å²) in [5, 5.41) is 3.38. The number of nitrogens with one attached hydrogen (secondary N) is 1. The van der Waals surface area contributed by atoms with Gasteiger partial charge in [0, 0.05) is 6.04 Å². The summed E-state index contributed by atoms with van der Waals surface area (Å²) in [7, 11) is 1.45. The van der Waals surface area contributed by atoms with Crippen LogP contribution in [0.1, 0.15) is 30.8 Å². The molecule has 1 aliphatic rings. The Kier molecular flexibility index (Phi) is 3.84. The fourth-order valence-corrected chi connectivity index (χ4v) is 2.45. The number of aryl methyl sites for hydroxylation is 1. The van der Waals surface area contributed by atoms with Crippen molar-refractivity contribution in [3.8, 4) is 0 Å². The second-order valence-corrected chi connectivity index (χ2v) is 4.56. The first-order valence-electron chi connectivity index (χ1n) is 6.07. The normalized spacial score (nSPS) is 23.9. The molecule has 1 aromatic heterocycles. The third kappa shape index (κ3) is 2.88. The Labute approximate surface area is 101 Å². The number of esters is 1. The van der Waals surface area contributed by atoms with E-state index in [0.717, 1.165) is 30.8 Å². The van der Waals surface area contributed by atoms with Crippen molar-refractivity contribution in [1.82, 2.24) is 5.32 Å². The van der Waals surface area contributed by atoms with Crippen LogP contribution in [-0.2, 0) is 16.1 Å². The van der Waals surface area contributed by atoms with Gasteiger partial charge in [-0.2, -0.15) is 0 Å². The zero-order valence-corrected chi connectivity index (χ0v) is 10.4. The lowest BCUT2D eigenvalue weighted by Crippen LogP contribution is -2.36. The monoisotopic (exact) mass is 237 g/mol. The molecule has 1 heterocycles. The maximum Gasteiger partial charge on any atom is 0.310 e. The van der Waals surface area contributed by atoms with Crippen LogP contribution in [0.15, 0.2) is 16.5 Å². The molecule has 4 nitrogen and oxygen atoms in total. The minimum atomic E-state index is -0.101. The highest BCUT2D eigenvalue weighted by atomic mass is 16.5. The van der Waals surface area contributed by atoms with Gasteiger partial charge in [-0.1, -0.05) is 6.42 Å². The SMILES string of the molecule is COC(=O)[C@@H]1CCC[C@H]1NCc1ccc(C)o1. The number of furan rings is 1. The van der Waals surface area contributed by atoms with Crippen LogP contribution in [-0.4, -0.2) is 19.1 Å². The summed E-state index contributed by atoms with van der Waals surface area (Å²) < 4.78 is 10.3. The molecule has 2 atom stereocenters. The summed E-state index contributed by atoms with van der Waals surface area (Å²) in [5.74, 6) is 1.72. The largest absolute Gasteiger partial charge is 0.469 e. The van der Waals surface area contributed by atoms with Gasteiger partial charge in [-0.3, -0.25) is 4.79 Å². The fourth-order valence-electron chi connectivity index (χ4n) is 2.45. The number of hydrogen-bond donors (Lipinski definition) is 1. The maximum atomic E-state index is 11.6. The van der Waals surface area contributed by atoms with Crippen molar-refractivity contribution < 1.29 is 13.9 Å². The summed E-state index contributed by atoms with van der Waals surface area (Å²) in [5.41, 5.74) is 0. The van der Waals surface area contributed by atoms with E-state index in [9.17, 15) is 4.79 Å². The molecule has 1 fully saturated rings. The van der Waals surface area contributed by atoms with E-state index in [-0.39, 0.29) is 17.9 Å². The third-order valence-corrected chi connectivity index (χ3v) is 3.35. The molecule has 0 radical (unpaired) electrons. The van der Waals surface area contributed by atoms with E-state index in [4.69, 9.17) is 9.15 Å². The van der Waals surface area contributed by atoms with E-state index in [0.29, 0.717) is 6.54 Å². The molecule has 0 saturated heterocycles. The van der Waals surface area contributed by atoms with Crippen LogP contribution in [0.25, 0.3) is 0 Å². The number of methoxy groups -OCH3 is 1. The zero-order valence-electron chi connectivity index (χ0n) is 10.4. The van der Waals surface area contributed by atoms with Crippen LogP contribution in [0.2, 0.25) is 0 Å². The van der Waals surface area contributed by atoms with Crippen LogP contribution < -0.4 is 5.32 Å². The average molecular weight is 237 g/mol. The Morgan fingerprint density at radius 3 is 3.00 bits per heavy atom. The molecule has 0 amide bonds. The van der Waals surface area contributed by atoms with Crippen molar-refractivity contribution in [1.29, 1.82) is 0 Å². The number of hydrogen-bond acceptors (Lipinski definition) is 4. The van der Waals surface area contributed by atoms with Gasteiger partial charge < -0.3 is 14.5 Å². The second kappa shape index (κ2) is 5.36. The Morgan fingerprint density at radius 1 is 1.53 bits per heavy atom. The molecule has 1 aromatic rings. The van der Waals surface area contributed by atoms with Crippen molar-refractivity contribution in [2.75, 3.05) is 7.11 Å². The molecule has 0 unspecified atom stereocenters. The lowest BCUT2D eigenvalue weighted by atomic mass is 10.0. The molecule has 0 bridgehead atoms. The maximum absolute atomic E-state index is 11.6. The third-order valence-electron chi connectivity index (χ3n) is 3.35. The molecule has 0 aliphatic heterocycles. The van der Waals surface area contributed by atoms with Gasteiger partial charge in [-0.05, 0) is 31.9 Å². The molecule has 0 aromatic carbocycles. The van der Waals surface area contributed by atoms with Crippen molar-refractivity contribution >= 4 is 5.97 Å². The van der Waals surface area contributed by atoms with E-state index in [2.05, 4.69) is 5.32 Å². The van der Waals surface area contributed by atoms with E-state index in [1.165, 1.54) is 7.11 Å². The topological polar surface area (TPSA) is 51.5 Å². The minimum Gasteiger partial charge on any atom is -0.469 e. The van der Waals surface area contributed by atoms with Gasteiger partial charge in [-0.15, -0.1) is 0 Å². The summed E-state index contributed by atoms with van der Waals surface area (Å²) in [6, 6.07) is 4.13. The van der Waals surface area contributed by atoms with Gasteiger partial charge in [-0.25, -0.2) is 0 Å². The Bertz CT molecular complexity index is 386. The highest BCUT2D eigenvalue weighted by Crippen LogP contribution is 2.27. The van der Waals surface area contributed by atoms with Gasteiger partial charge in [0.15, 0.2) is 0 Å². The molecule has 4 heteroatoms. The van der Waals surface area contributed by atoms with E-state index in [1.54, 1.807) is 0 Å². The minimum absolute atomic E-state index is 0.00365. The molecular weight excluding hydrogens is 218 g/mol. The highest BCUT2D eigenvalue weighted by Gasteiger charge is 2.33. The standard InChI is InChI=1S/C13H19NO3/c1-9-6-7-10(17-9)8-14-12-5-3-4-11(12)13(15)16-2/h6-7,11-12,14H,3-5,8H2,1-2H3/t11-,12-/m1/s1. The summed E-state index contributed by atoms with van der Waals surface area (Å²) in [4.78, 5) is 11.6. The summed E-state index contributed by atoms with van der Waals surface area (Å²) in [6.07, 6.45) is 3.02. The molecule has 17 heavy (non-hydrogen) atoms. The highest BCUT2D eigenvalue weighted by molar-refractivity contribution is 5.73. The van der Waals surface area contributed by atoms with Crippen molar-refractivity contribution in [2.45, 2.75) is 38.8 Å². The number of carbonyl (C=O) groups is 1. The predicted molar refractivity (Wildman–Crippen MR) is 63.4 cm³/mol. The quantitative estimate of drug-likeness (QED) is 0.814. The first-order valence-corrected chi connectivity index (χ1v) is 6.07. The molecule has 1 N–H and O–H groups in total. The van der Waals surface area contributed by atoms with E-state index >= 15 is 0 Å². The number of rotatable bonds is 4. The molecule has 1 saturated carbocycles. The van der Waals surface area contributed by atoms with Crippen LogP contribution in [0.3, 0.4) is 0 Å². The van der Waals surface area contributed by atoms with Crippen LogP contribution >= 0.6 is 0 Å². The number of carbonyl (C=O) groups excluding carboxylic acids is 1. The van der Waals surface area contributed by atoms with Crippen LogP contribution in [0.5, 0.6) is 0 Å². The second-order valence-electron chi connectivity index (χ2n) is 4.56. The molecule has 1 aliphatic carbocycles. The molecule has 94 valence electrons. The van der Waals surface area contributed by atoms with E-state index < -0.39 is 0 Å². The van der Waals surface area contributed by atoms with Gasteiger partial charge >= 0.3 is 5.97 Å². The predicted octanol–water partition coefficient (Wildman–Crippen LogP) is 2.02. The molecule has 2 rings (SSSR count). The first kappa shape index (κ1) is 12.2. The van der Waals surface area contributed by atoms with Gasteiger partial charge in [0.2, 0.25) is 0 Å². The number of ether oxygens (including phenoxy) is 1. The fraction of sp³-hybridized carbons (Fsp3) is 0.615. The Morgan fingerprint density at radius 2 is 2.35 bits per heavy atom. The molecule has 0 spiro atoms. The Hall–Kier alpha value is -1.29.